The third-order valence-electron chi connectivity index (χ3n) is 4.67. The van der Waals surface area contributed by atoms with Crippen molar-refractivity contribution in [3.05, 3.63) is 11.7 Å². The Hall–Kier alpha value is -1.67. The van der Waals surface area contributed by atoms with Gasteiger partial charge in [-0.1, -0.05) is 32.9 Å². The molecule has 154 valence electrons. The highest BCUT2D eigenvalue weighted by Gasteiger charge is 2.22. The fourth-order valence-corrected chi connectivity index (χ4v) is 3.18. The van der Waals surface area contributed by atoms with Crippen LogP contribution in [-0.2, 0) is 11.2 Å². The zero-order valence-electron chi connectivity index (χ0n) is 17.5. The molecule has 27 heavy (non-hydrogen) atoms. The maximum Gasteiger partial charge on any atom is 0.228 e. The third kappa shape index (κ3) is 7.46. The fourth-order valence-electron chi connectivity index (χ4n) is 3.18. The summed E-state index contributed by atoms with van der Waals surface area (Å²) in [4.78, 5) is 11.3. The normalized spacial score (nSPS) is 17.5. The van der Waals surface area contributed by atoms with E-state index < -0.39 is 0 Å². The summed E-state index contributed by atoms with van der Waals surface area (Å²) in [6.45, 7) is 13.9. The van der Waals surface area contributed by atoms with Gasteiger partial charge in [-0.15, -0.1) is 0 Å². The molecule has 0 amide bonds. The quantitative estimate of drug-likeness (QED) is 0.497. The Kier molecular flexibility index (Phi) is 9.00. The van der Waals surface area contributed by atoms with Crippen LogP contribution in [0.15, 0.2) is 9.52 Å². The molecule has 0 spiro atoms. The Bertz CT molecular complexity index is 566. The van der Waals surface area contributed by atoms with Gasteiger partial charge in [-0.25, -0.2) is 0 Å². The van der Waals surface area contributed by atoms with Crippen LogP contribution in [-0.4, -0.2) is 73.5 Å². The van der Waals surface area contributed by atoms with Crippen molar-refractivity contribution in [1.82, 2.24) is 25.7 Å². The minimum atomic E-state index is 0.281. The molecule has 8 heteroatoms. The first-order valence-corrected chi connectivity index (χ1v) is 10.1. The lowest BCUT2D eigenvalue weighted by atomic mass is 10.0. The number of aromatic nitrogens is 2. The number of aliphatic imine (C=N–C) groups is 1. The van der Waals surface area contributed by atoms with Gasteiger partial charge in [-0.05, 0) is 12.3 Å². The van der Waals surface area contributed by atoms with Crippen molar-refractivity contribution in [1.29, 1.82) is 0 Å². The third-order valence-corrected chi connectivity index (χ3v) is 4.67. The Morgan fingerprint density at radius 1 is 1.19 bits per heavy atom. The molecule has 1 fully saturated rings. The average Bonchev–Trinajstić information content (AvgIpc) is 3.13. The highest BCUT2D eigenvalue weighted by molar-refractivity contribution is 5.79. The molecule has 1 aromatic heterocycles. The molecule has 0 aliphatic carbocycles. The molecule has 0 bridgehead atoms. The van der Waals surface area contributed by atoms with Gasteiger partial charge in [-0.2, -0.15) is 4.98 Å². The molecule has 0 aromatic carbocycles. The maximum atomic E-state index is 5.50. The first kappa shape index (κ1) is 21.6. The van der Waals surface area contributed by atoms with Crippen molar-refractivity contribution in [2.24, 2.45) is 10.9 Å². The molecular formula is C19H36N6O2. The van der Waals surface area contributed by atoms with E-state index in [-0.39, 0.29) is 5.92 Å². The van der Waals surface area contributed by atoms with Crippen LogP contribution >= 0.6 is 0 Å². The molecule has 2 N–H and O–H groups in total. The molecule has 0 saturated carbocycles. The van der Waals surface area contributed by atoms with Gasteiger partial charge in [0.25, 0.3) is 0 Å². The number of ether oxygens (including phenoxy) is 1. The Morgan fingerprint density at radius 2 is 1.93 bits per heavy atom. The van der Waals surface area contributed by atoms with Gasteiger partial charge in [0.15, 0.2) is 11.8 Å². The van der Waals surface area contributed by atoms with Crippen LogP contribution in [0.1, 0.15) is 51.7 Å². The van der Waals surface area contributed by atoms with E-state index in [0.717, 1.165) is 51.1 Å². The second-order valence-corrected chi connectivity index (χ2v) is 7.76. The van der Waals surface area contributed by atoms with Crippen LogP contribution in [0, 0.1) is 5.92 Å². The standard InChI is InChI=1S/C19H36N6O2/c1-14(2)12-16(25-8-10-26-11-9-25)13-22-19(20-5)21-7-6-17-23-18(15(3)4)24-27-17/h14-16H,6-13H2,1-5H3,(H2,20,21,22). The van der Waals surface area contributed by atoms with E-state index in [4.69, 9.17) is 9.26 Å². The van der Waals surface area contributed by atoms with Crippen molar-refractivity contribution in [3.8, 4) is 0 Å². The summed E-state index contributed by atoms with van der Waals surface area (Å²) in [7, 11) is 1.80. The zero-order valence-corrected chi connectivity index (χ0v) is 17.5. The average molecular weight is 381 g/mol. The van der Waals surface area contributed by atoms with E-state index in [2.05, 4.69) is 58.4 Å². The predicted octanol–water partition coefficient (Wildman–Crippen LogP) is 1.65. The molecule has 1 aliphatic rings. The van der Waals surface area contributed by atoms with E-state index in [1.54, 1.807) is 7.05 Å². The largest absolute Gasteiger partial charge is 0.379 e. The fraction of sp³-hybridized carbons (Fsp3) is 0.842. The lowest BCUT2D eigenvalue weighted by Crippen LogP contribution is -2.51. The highest BCUT2D eigenvalue weighted by Crippen LogP contribution is 2.13. The van der Waals surface area contributed by atoms with Gasteiger partial charge in [0.2, 0.25) is 5.89 Å². The van der Waals surface area contributed by atoms with Gasteiger partial charge < -0.3 is 19.9 Å². The molecule has 1 saturated heterocycles. The van der Waals surface area contributed by atoms with Crippen LogP contribution in [0.5, 0.6) is 0 Å². The molecule has 1 atom stereocenters. The van der Waals surface area contributed by atoms with Gasteiger partial charge >= 0.3 is 0 Å². The summed E-state index contributed by atoms with van der Waals surface area (Å²) < 4.78 is 10.8. The summed E-state index contributed by atoms with van der Waals surface area (Å²) in [5.74, 6) is 3.16. The smallest absolute Gasteiger partial charge is 0.228 e. The molecule has 8 nitrogen and oxygen atoms in total. The van der Waals surface area contributed by atoms with Crippen LogP contribution in [0.2, 0.25) is 0 Å². The molecule has 0 radical (unpaired) electrons. The van der Waals surface area contributed by atoms with Crippen molar-refractivity contribution < 1.29 is 9.26 Å². The first-order chi connectivity index (χ1) is 13.0. The summed E-state index contributed by atoms with van der Waals surface area (Å²) in [6, 6.07) is 0.483. The summed E-state index contributed by atoms with van der Waals surface area (Å²) in [5.41, 5.74) is 0. The predicted molar refractivity (Wildman–Crippen MR) is 107 cm³/mol. The number of guanidine groups is 1. The SMILES string of the molecule is CN=C(NCCc1nc(C(C)C)no1)NCC(CC(C)C)N1CCOCC1. The molecular weight excluding hydrogens is 344 g/mol. The van der Waals surface area contributed by atoms with E-state index in [9.17, 15) is 0 Å². The topological polar surface area (TPSA) is 87.8 Å². The molecule has 1 aliphatic heterocycles. The van der Waals surface area contributed by atoms with E-state index in [1.165, 1.54) is 0 Å². The van der Waals surface area contributed by atoms with Gasteiger partial charge in [0, 0.05) is 51.6 Å². The first-order valence-electron chi connectivity index (χ1n) is 10.1. The Balaban J connectivity index is 1.78. The number of hydrogen-bond acceptors (Lipinski definition) is 6. The number of nitrogens with one attached hydrogen (secondary N) is 2. The highest BCUT2D eigenvalue weighted by atomic mass is 16.5. The molecule has 1 unspecified atom stereocenters. The Morgan fingerprint density at radius 3 is 2.52 bits per heavy atom. The zero-order chi connectivity index (χ0) is 19.6. The van der Waals surface area contributed by atoms with E-state index in [0.29, 0.717) is 30.8 Å². The summed E-state index contributed by atoms with van der Waals surface area (Å²) in [6.07, 6.45) is 1.84. The molecule has 1 aromatic rings. The summed E-state index contributed by atoms with van der Waals surface area (Å²) >= 11 is 0. The van der Waals surface area contributed by atoms with Crippen LogP contribution in [0.3, 0.4) is 0 Å². The summed E-state index contributed by atoms with van der Waals surface area (Å²) in [5, 5.41) is 10.8. The minimum absolute atomic E-state index is 0.281. The van der Waals surface area contributed by atoms with Crippen molar-refractivity contribution in [3.63, 3.8) is 0 Å². The van der Waals surface area contributed by atoms with Gasteiger partial charge in [0.1, 0.15) is 0 Å². The number of rotatable bonds is 9. The number of hydrogen-bond donors (Lipinski definition) is 2. The minimum Gasteiger partial charge on any atom is -0.379 e. The van der Waals surface area contributed by atoms with E-state index in [1.807, 2.05) is 0 Å². The van der Waals surface area contributed by atoms with Crippen molar-refractivity contribution in [2.75, 3.05) is 46.4 Å². The number of nitrogens with zero attached hydrogens (tertiary/aromatic N) is 4. The van der Waals surface area contributed by atoms with Gasteiger partial charge in [0.05, 0.1) is 13.2 Å². The van der Waals surface area contributed by atoms with Crippen LogP contribution < -0.4 is 10.6 Å². The Labute approximate surface area is 163 Å². The molecule has 2 heterocycles. The second-order valence-electron chi connectivity index (χ2n) is 7.76. The van der Waals surface area contributed by atoms with Gasteiger partial charge in [-0.3, -0.25) is 9.89 Å². The lowest BCUT2D eigenvalue weighted by Gasteiger charge is -2.35. The van der Waals surface area contributed by atoms with E-state index >= 15 is 0 Å². The molecule has 2 rings (SSSR count). The second kappa shape index (κ2) is 11.2. The lowest BCUT2D eigenvalue weighted by molar-refractivity contribution is 0.0132. The van der Waals surface area contributed by atoms with Crippen molar-refractivity contribution >= 4 is 5.96 Å². The number of morpholine rings is 1. The monoisotopic (exact) mass is 380 g/mol. The van der Waals surface area contributed by atoms with Crippen molar-refractivity contribution in [2.45, 2.75) is 52.5 Å². The van der Waals surface area contributed by atoms with Crippen LogP contribution in [0.25, 0.3) is 0 Å². The van der Waals surface area contributed by atoms with Crippen LogP contribution in [0.4, 0.5) is 0 Å². The maximum absolute atomic E-state index is 5.50.